The third-order valence-corrected chi connectivity index (χ3v) is 5.39. The highest BCUT2D eigenvalue weighted by atomic mass is 19.4. The molecule has 1 amide bonds. The Morgan fingerprint density at radius 1 is 1.12 bits per heavy atom. The molecule has 0 radical (unpaired) electrons. The fourth-order valence-electron chi connectivity index (χ4n) is 3.92. The summed E-state index contributed by atoms with van der Waals surface area (Å²) < 4.78 is 54.4. The van der Waals surface area contributed by atoms with Crippen molar-refractivity contribution in [2.75, 3.05) is 50.8 Å². The normalized spacial score (nSPS) is 20.9. The highest BCUT2D eigenvalue weighted by molar-refractivity contribution is 5.68. The lowest BCUT2D eigenvalue weighted by Crippen LogP contribution is -2.54. The van der Waals surface area contributed by atoms with Crippen molar-refractivity contribution in [3.63, 3.8) is 0 Å². The van der Waals surface area contributed by atoms with Crippen LogP contribution in [0, 0.1) is 0 Å². The number of alkyl halides is 3. The first-order chi connectivity index (χ1) is 14.9. The zero-order chi connectivity index (χ0) is 23.5. The van der Waals surface area contributed by atoms with Crippen LogP contribution in [-0.4, -0.2) is 79.8 Å². The molecule has 2 saturated heterocycles. The summed E-state index contributed by atoms with van der Waals surface area (Å²) in [5.74, 6) is -0.191. The average molecular weight is 460 g/mol. The van der Waals surface area contributed by atoms with Crippen molar-refractivity contribution in [1.29, 1.82) is 0 Å². The Labute approximate surface area is 187 Å². The zero-order valence-corrected chi connectivity index (χ0v) is 19.1. The van der Waals surface area contributed by atoms with Crippen LogP contribution in [0.2, 0.25) is 0 Å². The summed E-state index contributed by atoms with van der Waals surface area (Å²) in [5, 5.41) is 0. The number of carbonyl (C=O) groups is 1. The zero-order valence-electron chi connectivity index (χ0n) is 19.1. The molecule has 1 aromatic carbocycles. The lowest BCUT2D eigenvalue weighted by atomic mass is 10.1. The Morgan fingerprint density at radius 3 is 2.41 bits per heavy atom. The summed E-state index contributed by atoms with van der Waals surface area (Å²) in [6.45, 7) is 11.5. The second-order valence-electron chi connectivity index (χ2n) is 9.20. The number of hydrogen-bond acceptors (Lipinski definition) is 6. The van der Waals surface area contributed by atoms with Gasteiger partial charge in [-0.15, -0.1) is 13.2 Å². The summed E-state index contributed by atoms with van der Waals surface area (Å²) in [6, 6.07) is 4.84. The Balaban J connectivity index is 1.70. The number of morpholine rings is 1. The molecule has 3 rings (SSSR count). The smallest absolute Gasteiger partial charge is 0.444 e. The Bertz CT molecular complexity index is 792. The SMILES string of the molecule is C[C@@H]1CN(Cc2ccc(N3CCOCC3)cc2OC(F)(F)F)CCN1C(=O)OC(C)(C)C. The predicted octanol–water partition coefficient (Wildman–Crippen LogP) is 3.86. The molecule has 2 fully saturated rings. The molecular formula is C22H32F3N3O4. The van der Waals surface area contributed by atoms with E-state index < -0.39 is 12.0 Å². The molecule has 2 aliphatic rings. The van der Waals surface area contributed by atoms with E-state index in [0.717, 1.165) is 0 Å². The molecule has 7 nitrogen and oxygen atoms in total. The van der Waals surface area contributed by atoms with Crippen LogP contribution in [0.5, 0.6) is 5.75 Å². The number of benzene rings is 1. The summed E-state index contributed by atoms with van der Waals surface area (Å²) in [4.78, 5) is 18.1. The number of piperazine rings is 1. The van der Waals surface area contributed by atoms with Gasteiger partial charge >= 0.3 is 12.5 Å². The number of rotatable bonds is 4. The molecule has 0 saturated carbocycles. The fraction of sp³-hybridized carbons (Fsp3) is 0.682. The average Bonchev–Trinajstić information content (AvgIpc) is 2.67. The van der Waals surface area contributed by atoms with Crippen molar-refractivity contribution in [2.45, 2.75) is 52.2 Å². The lowest BCUT2D eigenvalue weighted by Gasteiger charge is -2.40. The molecule has 0 unspecified atom stereocenters. The van der Waals surface area contributed by atoms with Gasteiger partial charge in [0.1, 0.15) is 11.4 Å². The number of hydrogen-bond donors (Lipinski definition) is 0. The van der Waals surface area contributed by atoms with Crippen LogP contribution >= 0.6 is 0 Å². The first kappa shape index (κ1) is 24.4. The number of amides is 1. The Morgan fingerprint density at radius 2 is 1.81 bits per heavy atom. The van der Waals surface area contributed by atoms with Gasteiger partial charge in [-0.05, 0) is 33.8 Å². The van der Waals surface area contributed by atoms with E-state index in [4.69, 9.17) is 9.47 Å². The van der Waals surface area contributed by atoms with Gasteiger partial charge in [0, 0.05) is 62.6 Å². The summed E-state index contributed by atoms with van der Waals surface area (Å²) in [5.41, 5.74) is 0.552. The maximum Gasteiger partial charge on any atom is 0.573 e. The maximum atomic E-state index is 13.1. The molecule has 2 aliphatic heterocycles. The molecule has 1 aromatic rings. The van der Waals surface area contributed by atoms with Gasteiger partial charge in [-0.25, -0.2) is 4.79 Å². The third-order valence-electron chi connectivity index (χ3n) is 5.39. The van der Waals surface area contributed by atoms with E-state index in [1.807, 2.05) is 43.6 Å². The second kappa shape index (κ2) is 9.74. The molecule has 0 aliphatic carbocycles. The van der Waals surface area contributed by atoms with Crippen molar-refractivity contribution in [1.82, 2.24) is 9.80 Å². The van der Waals surface area contributed by atoms with E-state index in [9.17, 15) is 18.0 Å². The van der Waals surface area contributed by atoms with Crippen LogP contribution in [0.4, 0.5) is 23.7 Å². The molecule has 0 spiro atoms. The number of anilines is 1. The molecule has 32 heavy (non-hydrogen) atoms. The lowest BCUT2D eigenvalue weighted by molar-refractivity contribution is -0.275. The van der Waals surface area contributed by atoms with Crippen molar-refractivity contribution < 1.29 is 32.2 Å². The van der Waals surface area contributed by atoms with Gasteiger partial charge in [0.2, 0.25) is 0 Å². The molecular weight excluding hydrogens is 427 g/mol. The van der Waals surface area contributed by atoms with Crippen molar-refractivity contribution in [3.8, 4) is 5.75 Å². The van der Waals surface area contributed by atoms with Crippen molar-refractivity contribution in [3.05, 3.63) is 23.8 Å². The Hall–Kier alpha value is -2.20. The molecule has 0 bridgehead atoms. The minimum absolute atomic E-state index is 0.127. The number of carbonyl (C=O) groups excluding carboxylic acids is 1. The summed E-state index contributed by atoms with van der Waals surface area (Å²) in [7, 11) is 0. The van der Waals surface area contributed by atoms with E-state index >= 15 is 0 Å². The fourth-order valence-corrected chi connectivity index (χ4v) is 3.92. The molecule has 0 N–H and O–H groups in total. The number of nitrogens with zero attached hydrogens (tertiary/aromatic N) is 3. The Kier molecular flexibility index (Phi) is 7.44. The molecule has 1 atom stereocenters. The van der Waals surface area contributed by atoms with Gasteiger partial charge < -0.3 is 24.0 Å². The molecule has 2 heterocycles. The second-order valence-corrected chi connectivity index (χ2v) is 9.20. The van der Waals surface area contributed by atoms with E-state index in [1.54, 1.807) is 11.0 Å². The van der Waals surface area contributed by atoms with E-state index in [1.165, 1.54) is 6.07 Å². The van der Waals surface area contributed by atoms with E-state index in [2.05, 4.69) is 4.74 Å². The van der Waals surface area contributed by atoms with Crippen LogP contribution in [0.15, 0.2) is 18.2 Å². The molecule has 180 valence electrons. The van der Waals surface area contributed by atoms with Crippen molar-refractivity contribution in [2.24, 2.45) is 0 Å². The molecule has 0 aromatic heterocycles. The van der Waals surface area contributed by atoms with Crippen LogP contribution < -0.4 is 9.64 Å². The van der Waals surface area contributed by atoms with Gasteiger partial charge in [-0.2, -0.15) is 0 Å². The van der Waals surface area contributed by atoms with E-state index in [0.29, 0.717) is 63.7 Å². The number of halogens is 3. The maximum absolute atomic E-state index is 13.1. The first-order valence-electron chi connectivity index (χ1n) is 10.8. The summed E-state index contributed by atoms with van der Waals surface area (Å²) >= 11 is 0. The van der Waals surface area contributed by atoms with Gasteiger partial charge in [-0.3, -0.25) is 4.90 Å². The third kappa shape index (κ3) is 6.90. The van der Waals surface area contributed by atoms with Gasteiger partial charge in [0.25, 0.3) is 0 Å². The van der Waals surface area contributed by atoms with E-state index in [-0.39, 0.29) is 17.9 Å². The minimum Gasteiger partial charge on any atom is -0.444 e. The highest BCUT2D eigenvalue weighted by Crippen LogP contribution is 2.32. The van der Waals surface area contributed by atoms with Gasteiger partial charge in [0.05, 0.1) is 13.2 Å². The standard InChI is InChI=1S/C22H32F3N3O4/c1-16-14-26(7-8-28(16)20(29)32-21(2,3)4)15-17-5-6-18(27-9-11-30-12-10-27)13-19(17)31-22(23,24)25/h5-6,13,16H,7-12,14-15H2,1-4H3/t16-/m1/s1. The van der Waals surface area contributed by atoms with Crippen molar-refractivity contribution >= 4 is 11.8 Å². The largest absolute Gasteiger partial charge is 0.573 e. The monoisotopic (exact) mass is 459 g/mol. The van der Waals surface area contributed by atoms with Crippen LogP contribution in [0.3, 0.4) is 0 Å². The first-order valence-corrected chi connectivity index (χ1v) is 10.8. The minimum atomic E-state index is -4.78. The van der Waals surface area contributed by atoms with Gasteiger partial charge in [-0.1, -0.05) is 6.07 Å². The molecule has 10 heteroatoms. The van der Waals surface area contributed by atoms with Crippen LogP contribution in [-0.2, 0) is 16.0 Å². The van der Waals surface area contributed by atoms with Crippen LogP contribution in [0.25, 0.3) is 0 Å². The summed E-state index contributed by atoms with van der Waals surface area (Å²) in [6.07, 6.45) is -5.15. The van der Waals surface area contributed by atoms with Gasteiger partial charge in [0.15, 0.2) is 0 Å². The number of ether oxygens (including phenoxy) is 3. The quantitative estimate of drug-likeness (QED) is 0.682. The van der Waals surface area contributed by atoms with Crippen LogP contribution in [0.1, 0.15) is 33.3 Å². The highest BCUT2D eigenvalue weighted by Gasteiger charge is 2.34. The predicted molar refractivity (Wildman–Crippen MR) is 114 cm³/mol. The topological polar surface area (TPSA) is 54.5 Å².